The van der Waals surface area contributed by atoms with Crippen LogP contribution in [0, 0.1) is 12.3 Å². The smallest absolute Gasteiger partial charge is 0.113 e. The summed E-state index contributed by atoms with van der Waals surface area (Å²) in [5.74, 6) is 2.76. The summed E-state index contributed by atoms with van der Waals surface area (Å²) in [5, 5.41) is 4.42. The average Bonchev–Trinajstić information content (AvgIpc) is 2.40. The lowest BCUT2D eigenvalue weighted by molar-refractivity contribution is 0.614. The summed E-state index contributed by atoms with van der Waals surface area (Å²) in [7, 11) is 0. The molecule has 2 nitrogen and oxygen atoms in total. The Labute approximate surface area is 116 Å². The Morgan fingerprint density at radius 2 is 2.22 bits per heavy atom. The minimum atomic E-state index is -0.149. The largest absolute Gasteiger partial charge is 0.299 e. The van der Waals surface area contributed by atoms with Crippen molar-refractivity contribution in [2.45, 2.75) is 19.4 Å². The normalized spacial score (nSPS) is 12.3. The summed E-state index contributed by atoms with van der Waals surface area (Å²) in [6.07, 6.45) is 6.63. The van der Waals surface area contributed by atoms with Gasteiger partial charge in [0.15, 0.2) is 0 Å². The third-order valence-electron chi connectivity index (χ3n) is 2.74. The van der Waals surface area contributed by atoms with Gasteiger partial charge in [0.1, 0.15) is 6.04 Å². The Morgan fingerprint density at radius 3 is 2.94 bits per heavy atom. The van der Waals surface area contributed by atoms with Crippen LogP contribution in [0.5, 0.6) is 0 Å². The highest BCUT2D eigenvalue weighted by molar-refractivity contribution is 9.10. The molecule has 1 unspecified atom stereocenters. The number of pyridine rings is 1. The highest BCUT2D eigenvalue weighted by Crippen LogP contribution is 2.25. The fourth-order valence-corrected chi connectivity index (χ4v) is 2.39. The first-order valence-corrected chi connectivity index (χ1v) is 6.80. The lowest BCUT2D eigenvalue weighted by Crippen LogP contribution is -2.22. The standard InChI is InChI=1S/C15H15BrN2/c1-3-9-17-13(4-2)15-12(16)10-11-7-5-6-8-14(11)18-15/h2,5-8,10,13,17H,3,9H2,1H3. The predicted octanol–water partition coefficient (Wildman–Crippen LogP) is 3.67. The van der Waals surface area contributed by atoms with Crippen LogP contribution in [-0.4, -0.2) is 11.5 Å². The molecule has 0 amide bonds. The van der Waals surface area contributed by atoms with Crippen molar-refractivity contribution in [1.82, 2.24) is 10.3 Å². The summed E-state index contributed by atoms with van der Waals surface area (Å²) in [6.45, 7) is 3.00. The van der Waals surface area contributed by atoms with Crippen LogP contribution in [0.4, 0.5) is 0 Å². The average molecular weight is 303 g/mol. The molecule has 18 heavy (non-hydrogen) atoms. The molecule has 0 spiro atoms. The number of terminal acetylenes is 1. The number of nitrogens with one attached hydrogen (secondary N) is 1. The van der Waals surface area contributed by atoms with Gasteiger partial charge in [-0.2, -0.15) is 0 Å². The molecule has 92 valence electrons. The van der Waals surface area contributed by atoms with Crippen molar-refractivity contribution in [2.24, 2.45) is 0 Å². The molecule has 0 saturated carbocycles. The van der Waals surface area contributed by atoms with Crippen molar-refractivity contribution in [2.75, 3.05) is 6.54 Å². The molecule has 1 N–H and O–H groups in total. The minimum Gasteiger partial charge on any atom is -0.299 e. The number of hydrogen-bond donors (Lipinski definition) is 1. The quantitative estimate of drug-likeness (QED) is 0.872. The molecular weight excluding hydrogens is 288 g/mol. The first-order valence-electron chi connectivity index (χ1n) is 6.01. The second-order valence-corrected chi connectivity index (χ2v) is 4.96. The lowest BCUT2D eigenvalue weighted by Gasteiger charge is -2.14. The van der Waals surface area contributed by atoms with Crippen LogP contribution in [0.2, 0.25) is 0 Å². The lowest BCUT2D eigenvalue weighted by atomic mass is 10.1. The van der Waals surface area contributed by atoms with Crippen LogP contribution in [0.25, 0.3) is 10.9 Å². The van der Waals surface area contributed by atoms with Crippen molar-refractivity contribution in [3.63, 3.8) is 0 Å². The van der Waals surface area contributed by atoms with Crippen LogP contribution < -0.4 is 5.32 Å². The van der Waals surface area contributed by atoms with Crippen molar-refractivity contribution in [1.29, 1.82) is 0 Å². The van der Waals surface area contributed by atoms with Gasteiger partial charge < -0.3 is 0 Å². The van der Waals surface area contributed by atoms with Crippen LogP contribution in [0.3, 0.4) is 0 Å². The summed E-state index contributed by atoms with van der Waals surface area (Å²) in [6, 6.07) is 9.95. The predicted molar refractivity (Wildman–Crippen MR) is 79.3 cm³/mol. The molecule has 1 atom stereocenters. The molecule has 1 heterocycles. The van der Waals surface area contributed by atoms with E-state index < -0.39 is 0 Å². The van der Waals surface area contributed by atoms with E-state index in [1.54, 1.807) is 0 Å². The number of halogens is 1. The number of fused-ring (bicyclic) bond motifs is 1. The van der Waals surface area contributed by atoms with Gasteiger partial charge in [-0.3, -0.25) is 5.32 Å². The van der Waals surface area contributed by atoms with Gasteiger partial charge in [0.2, 0.25) is 0 Å². The van der Waals surface area contributed by atoms with E-state index >= 15 is 0 Å². The van der Waals surface area contributed by atoms with Gasteiger partial charge in [-0.15, -0.1) is 6.42 Å². The van der Waals surface area contributed by atoms with E-state index in [2.05, 4.69) is 45.1 Å². The summed E-state index contributed by atoms with van der Waals surface area (Å²) in [4.78, 5) is 4.65. The van der Waals surface area contributed by atoms with Gasteiger partial charge in [-0.05, 0) is 41.0 Å². The Balaban J connectivity index is 2.43. The Morgan fingerprint density at radius 1 is 1.44 bits per heavy atom. The maximum absolute atomic E-state index is 5.59. The van der Waals surface area contributed by atoms with E-state index in [0.29, 0.717) is 0 Å². The number of rotatable bonds is 4. The molecular formula is C15H15BrN2. The molecule has 2 aromatic rings. The van der Waals surface area contributed by atoms with Gasteiger partial charge in [0.25, 0.3) is 0 Å². The van der Waals surface area contributed by atoms with Crippen LogP contribution in [0.1, 0.15) is 25.1 Å². The van der Waals surface area contributed by atoms with E-state index in [0.717, 1.165) is 34.0 Å². The second kappa shape index (κ2) is 5.99. The highest BCUT2D eigenvalue weighted by Gasteiger charge is 2.13. The van der Waals surface area contributed by atoms with E-state index in [-0.39, 0.29) is 6.04 Å². The molecule has 0 fully saturated rings. The summed E-state index contributed by atoms with van der Waals surface area (Å²) >= 11 is 3.55. The maximum atomic E-state index is 5.59. The number of aromatic nitrogens is 1. The SMILES string of the molecule is C#CC(NCCC)c1nc2ccccc2cc1Br. The third kappa shape index (κ3) is 2.72. The molecule has 0 aliphatic carbocycles. The van der Waals surface area contributed by atoms with Gasteiger partial charge in [0, 0.05) is 9.86 Å². The minimum absolute atomic E-state index is 0.149. The van der Waals surface area contributed by atoms with Gasteiger partial charge in [0.05, 0.1) is 11.2 Å². The molecule has 1 aromatic carbocycles. The zero-order valence-corrected chi connectivity index (χ0v) is 11.9. The van der Waals surface area contributed by atoms with Crippen molar-refractivity contribution >= 4 is 26.8 Å². The summed E-state index contributed by atoms with van der Waals surface area (Å²) in [5.41, 5.74) is 1.85. The van der Waals surface area contributed by atoms with E-state index in [9.17, 15) is 0 Å². The van der Waals surface area contributed by atoms with E-state index in [1.165, 1.54) is 0 Å². The fraction of sp³-hybridized carbons (Fsp3) is 0.267. The maximum Gasteiger partial charge on any atom is 0.113 e. The summed E-state index contributed by atoms with van der Waals surface area (Å²) < 4.78 is 0.952. The van der Waals surface area contributed by atoms with Crippen LogP contribution in [-0.2, 0) is 0 Å². The highest BCUT2D eigenvalue weighted by atomic mass is 79.9. The molecule has 1 aromatic heterocycles. The third-order valence-corrected chi connectivity index (χ3v) is 3.38. The molecule has 0 radical (unpaired) electrons. The topological polar surface area (TPSA) is 24.9 Å². The molecule has 3 heteroatoms. The Bertz CT molecular complexity index is 587. The Kier molecular flexibility index (Phi) is 4.35. The van der Waals surface area contributed by atoms with E-state index in [1.807, 2.05) is 24.3 Å². The number of nitrogens with zero attached hydrogens (tertiary/aromatic N) is 1. The first kappa shape index (κ1) is 13.1. The van der Waals surface area contributed by atoms with Gasteiger partial charge >= 0.3 is 0 Å². The molecule has 0 aliphatic heterocycles. The number of benzene rings is 1. The molecule has 0 bridgehead atoms. The molecule has 2 rings (SSSR count). The van der Waals surface area contributed by atoms with Crippen molar-refractivity contribution in [3.05, 3.63) is 40.5 Å². The van der Waals surface area contributed by atoms with Crippen molar-refractivity contribution in [3.8, 4) is 12.3 Å². The van der Waals surface area contributed by atoms with Crippen molar-refractivity contribution < 1.29 is 0 Å². The Hall–Kier alpha value is -1.37. The number of hydrogen-bond acceptors (Lipinski definition) is 2. The molecule has 0 saturated heterocycles. The van der Waals surface area contributed by atoms with Crippen LogP contribution >= 0.6 is 15.9 Å². The monoisotopic (exact) mass is 302 g/mol. The fourth-order valence-electron chi connectivity index (χ4n) is 1.83. The van der Waals surface area contributed by atoms with Gasteiger partial charge in [-0.25, -0.2) is 4.98 Å². The van der Waals surface area contributed by atoms with Crippen LogP contribution in [0.15, 0.2) is 34.8 Å². The second-order valence-electron chi connectivity index (χ2n) is 4.10. The number of para-hydroxylation sites is 1. The molecule has 0 aliphatic rings. The zero-order valence-electron chi connectivity index (χ0n) is 10.3. The zero-order chi connectivity index (χ0) is 13.0. The van der Waals surface area contributed by atoms with E-state index in [4.69, 9.17) is 6.42 Å². The first-order chi connectivity index (χ1) is 8.76. The van der Waals surface area contributed by atoms with Gasteiger partial charge in [-0.1, -0.05) is 31.0 Å².